The Bertz CT molecular complexity index is 459. The third-order valence-corrected chi connectivity index (χ3v) is 4.00. The van der Waals surface area contributed by atoms with Crippen molar-refractivity contribution >= 4 is 10.2 Å². The zero-order valence-electron chi connectivity index (χ0n) is 10.6. The van der Waals surface area contributed by atoms with E-state index in [1.807, 2.05) is 6.92 Å². The Kier molecular flexibility index (Phi) is 5.66. The first kappa shape index (κ1) is 15.0. The van der Waals surface area contributed by atoms with Gasteiger partial charge in [0.05, 0.1) is 6.54 Å². The first-order chi connectivity index (χ1) is 8.51. The van der Waals surface area contributed by atoms with Gasteiger partial charge in [-0.3, -0.25) is 0 Å². The van der Waals surface area contributed by atoms with Gasteiger partial charge >= 0.3 is 0 Å². The maximum atomic E-state index is 11.8. The standard InChI is InChI=1S/C9H19N5O3S/c1-3-14-8-10-12-9(14)7-11-18(16,17)13(2)5-4-6-15/h8,11,15H,3-7H2,1-2H3. The highest BCUT2D eigenvalue weighted by atomic mass is 32.2. The molecule has 9 heteroatoms. The summed E-state index contributed by atoms with van der Waals surface area (Å²) in [5.74, 6) is 0.566. The van der Waals surface area contributed by atoms with Crippen molar-refractivity contribution in [3.63, 3.8) is 0 Å². The Labute approximate surface area is 107 Å². The predicted octanol–water partition coefficient (Wildman–Crippen LogP) is -1.05. The number of aliphatic hydroxyl groups excluding tert-OH is 1. The zero-order chi connectivity index (χ0) is 13.6. The second kappa shape index (κ2) is 6.78. The van der Waals surface area contributed by atoms with Crippen LogP contribution in [0.1, 0.15) is 19.2 Å². The molecule has 1 heterocycles. The van der Waals surface area contributed by atoms with Gasteiger partial charge in [0.1, 0.15) is 12.2 Å². The van der Waals surface area contributed by atoms with Crippen molar-refractivity contribution in [1.82, 2.24) is 23.8 Å². The van der Waals surface area contributed by atoms with E-state index in [1.54, 1.807) is 10.9 Å². The van der Waals surface area contributed by atoms with Crippen LogP contribution in [0.4, 0.5) is 0 Å². The topological polar surface area (TPSA) is 100 Å². The minimum absolute atomic E-state index is 0.0377. The molecule has 0 aliphatic heterocycles. The van der Waals surface area contributed by atoms with Crippen LogP contribution in [0.3, 0.4) is 0 Å². The van der Waals surface area contributed by atoms with E-state index in [0.29, 0.717) is 18.8 Å². The maximum Gasteiger partial charge on any atom is 0.279 e. The summed E-state index contributed by atoms with van der Waals surface area (Å²) in [5.41, 5.74) is 0. The van der Waals surface area contributed by atoms with E-state index in [9.17, 15) is 8.42 Å². The van der Waals surface area contributed by atoms with Gasteiger partial charge in [0.25, 0.3) is 10.2 Å². The van der Waals surface area contributed by atoms with Crippen molar-refractivity contribution in [2.24, 2.45) is 0 Å². The van der Waals surface area contributed by atoms with Crippen LogP contribution in [-0.2, 0) is 23.3 Å². The van der Waals surface area contributed by atoms with Crippen LogP contribution in [0, 0.1) is 0 Å². The van der Waals surface area contributed by atoms with E-state index in [1.165, 1.54) is 7.05 Å². The Morgan fingerprint density at radius 2 is 2.28 bits per heavy atom. The summed E-state index contributed by atoms with van der Waals surface area (Å²) >= 11 is 0. The molecule has 1 rings (SSSR count). The SMILES string of the molecule is CCn1cnnc1CNS(=O)(=O)N(C)CCCO. The lowest BCUT2D eigenvalue weighted by molar-refractivity contribution is 0.275. The van der Waals surface area contributed by atoms with Gasteiger partial charge in [0, 0.05) is 26.7 Å². The molecule has 2 N–H and O–H groups in total. The Morgan fingerprint density at radius 3 is 2.89 bits per heavy atom. The van der Waals surface area contributed by atoms with Gasteiger partial charge in [-0.1, -0.05) is 0 Å². The third-order valence-electron chi connectivity index (χ3n) is 2.49. The van der Waals surface area contributed by atoms with E-state index in [4.69, 9.17) is 5.11 Å². The van der Waals surface area contributed by atoms with Crippen molar-refractivity contribution in [2.45, 2.75) is 26.4 Å². The number of aliphatic hydroxyl groups is 1. The molecule has 0 aliphatic carbocycles. The summed E-state index contributed by atoms with van der Waals surface area (Å²) in [7, 11) is -2.08. The van der Waals surface area contributed by atoms with E-state index < -0.39 is 10.2 Å². The van der Waals surface area contributed by atoms with Gasteiger partial charge in [-0.25, -0.2) is 0 Å². The van der Waals surface area contributed by atoms with Gasteiger partial charge in [-0.05, 0) is 13.3 Å². The van der Waals surface area contributed by atoms with Gasteiger partial charge in [0.15, 0.2) is 0 Å². The molecule has 0 spiro atoms. The summed E-state index contributed by atoms with van der Waals surface area (Å²) in [6.45, 7) is 2.94. The van der Waals surface area contributed by atoms with E-state index in [-0.39, 0.29) is 19.7 Å². The highest BCUT2D eigenvalue weighted by Crippen LogP contribution is 1.99. The molecule has 0 aromatic carbocycles. The molecule has 8 nitrogen and oxygen atoms in total. The molecule has 18 heavy (non-hydrogen) atoms. The van der Waals surface area contributed by atoms with Crippen molar-refractivity contribution in [2.75, 3.05) is 20.2 Å². The summed E-state index contributed by atoms with van der Waals surface area (Å²) in [6.07, 6.45) is 1.96. The number of aromatic nitrogens is 3. The predicted molar refractivity (Wildman–Crippen MR) is 65.8 cm³/mol. The minimum Gasteiger partial charge on any atom is -0.396 e. The summed E-state index contributed by atoms with van der Waals surface area (Å²) < 4.78 is 29.0. The van der Waals surface area contributed by atoms with Crippen molar-refractivity contribution in [3.05, 3.63) is 12.2 Å². The molecule has 0 radical (unpaired) electrons. The molecule has 1 aromatic rings. The number of nitrogens with zero attached hydrogens (tertiary/aromatic N) is 4. The second-order valence-corrected chi connectivity index (χ2v) is 5.62. The molecule has 0 aliphatic rings. The average molecular weight is 277 g/mol. The third kappa shape index (κ3) is 4.02. The monoisotopic (exact) mass is 277 g/mol. The molecule has 104 valence electrons. The van der Waals surface area contributed by atoms with Crippen LogP contribution in [0.25, 0.3) is 0 Å². The summed E-state index contributed by atoms with van der Waals surface area (Å²) in [5, 5.41) is 16.2. The van der Waals surface area contributed by atoms with Gasteiger partial charge in [0.2, 0.25) is 0 Å². The van der Waals surface area contributed by atoms with Crippen molar-refractivity contribution < 1.29 is 13.5 Å². The molecular weight excluding hydrogens is 258 g/mol. The molecule has 0 atom stereocenters. The molecule has 0 amide bonds. The average Bonchev–Trinajstić information content (AvgIpc) is 2.80. The largest absolute Gasteiger partial charge is 0.396 e. The maximum absolute atomic E-state index is 11.8. The van der Waals surface area contributed by atoms with Gasteiger partial charge < -0.3 is 9.67 Å². The van der Waals surface area contributed by atoms with E-state index in [0.717, 1.165) is 4.31 Å². The number of hydrogen-bond acceptors (Lipinski definition) is 5. The number of aryl methyl sites for hydroxylation is 1. The molecule has 1 aromatic heterocycles. The normalized spacial score (nSPS) is 12.2. The highest BCUT2D eigenvalue weighted by molar-refractivity contribution is 7.87. The zero-order valence-corrected chi connectivity index (χ0v) is 11.4. The minimum atomic E-state index is -3.54. The fraction of sp³-hybridized carbons (Fsp3) is 0.778. The Morgan fingerprint density at radius 1 is 1.56 bits per heavy atom. The molecule has 0 unspecified atom stereocenters. The lowest BCUT2D eigenvalue weighted by Gasteiger charge is -2.16. The smallest absolute Gasteiger partial charge is 0.279 e. The lowest BCUT2D eigenvalue weighted by Crippen LogP contribution is -2.39. The summed E-state index contributed by atoms with van der Waals surface area (Å²) in [6, 6.07) is 0. The quantitative estimate of drug-likeness (QED) is 0.631. The van der Waals surface area contributed by atoms with E-state index >= 15 is 0 Å². The number of hydrogen-bond donors (Lipinski definition) is 2. The van der Waals surface area contributed by atoms with Crippen LogP contribution in [0.5, 0.6) is 0 Å². The van der Waals surface area contributed by atoms with Crippen molar-refractivity contribution in [3.8, 4) is 0 Å². The van der Waals surface area contributed by atoms with Crippen LogP contribution < -0.4 is 4.72 Å². The van der Waals surface area contributed by atoms with Gasteiger partial charge in [-0.2, -0.15) is 17.4 Å². The van der Waals surface area contributed by atoms with E-state index in [2.05, 4.69) is 14.9 Å². The first-order valence-corrected chi connectivity index (χ1v) is 7.13. The van der Waals surface area contributed by atoms with Crippen LogP contribution >= 0.6 is 0 Å². The van der Waals surface area contributed by atoms with Crippen LogP contribution in [0.2, 0.25) is 0 Å². The first-order valence-electron chi connectivity index (χ1n) is 5.69. The van der Waals surface area contributed by atoms with Crippen LogP contribution in [-0.4, -0.2) is 52.8 Å². The number of nitrogens with one attached hydrogen (secondary N) is 1. The Balaban J connectivity index is 2.56. The second-order valence-electron chi connectivity index (χ2n) is 3.76. The molecule has 0 bridgehead atoms. The molecule has 0 saturated heterocycles. The Hall–Kier alpha value is -1.03. The highest BCUT2D eigenvalue weighted by Gasteiger charge is 2.17. The number of rotatable bonds is 8. The fourth-order valence-electron chi connectivity index (χ4n) is 1.36. The lowest BCUT2D eigenvalue weighted by atomic mass is 10.5. The van der Waals surface area contributed by atoms with Crippen molar-refractivity contribution in [1.29, 1.82) is 0 Å². The fourth-order valence-corrected chi connectivity index (χ4v) is 2.26. The molecule has 0 saturated carbocycles. The van der Waals surface area contributed by atoms with Gasteiger partial charge in [-0.15, -0.1) is 10.2 Å². The molecule has 0 fully saturated rings. The summed E-state index contributed by atoms with van der Waals surface area (Å²) in [4.78, 5) is 0. The molecular formula is C9H19N5O3S. The van der Waals surface area contributed by atoms with Crippen LogP contribution in [0.15, 0.2) is 6.33 Å².